The van der Waals surface area contributed by atoms with Gasteiger partial charge in [0.2, 0.25) is 0 Å². The highest BCUT2D eigenvalue weighted by Crippen LogP contribution is 2.38. The van der Waals surface area contributed by atoms with Gasteiger partial charge in [0.1, 0.15) is 5.75 Å². The molecule has 138 valence electrons. The summed E-state index contributed by atoms with van der Waals surface area (Å²) in [7, 11) is 0. The molecule has 4 rings (SSSR count). The van der Waals surface area contributed by atoms with Crippen LogP contribution in [0.3, 0.4) is 0 Å². The number of hydrogen-bond donors (Lipinski definition) is 1. The van der Waals surface area contributed by atoms with E-state index in [4.69, 9.17) is 4.74 Å². The molecule has 0 amide bonds. The monoisotopic (exact) mass is 362 g/mol. The third-order valence-corrected chi connectivity index (χ3v) is 5.56. The largest absolute Gasteiger partial charge is 0.481 e. The van der Waals surface area contributed by atoms with E-state index in [-0.39, 0.29) is 0 Å². The summed E-state index contributed by atoms with van der Waals surface area (Å²) in [6.07, 6.45) is 2.80. The predicted octanol–water partition coefficient (Wildman–Crippen LogP) is 5.10. The van der Waals surface area contributed by atoms with E-state index in [0.29, 0.717) is 18.6 Å². The van der Waals surface area contributed by atoms with Crippen molar-refractivity contribution < 1.29 is 19.4 Å². The van der Waals surface area contributed by atoms with Gasteiger partial charge in [-0.05, 0) is 42.7 Å². The molecule has 0 aromatic heterocycles. The summed E-state index contributed by atoms with van der Waals surface area (Å²) in [5.74, 6) is -2.05. The lowest BCUT2D eigenvalue weighted by molar-refractivity contribution is -0.153. The van der Waals surface area contributed by atoms with Crippen LogP contribution >= 0.6 is 0 Å². The quantitative estimate of drug-likeness (QED) is 0.400. The summed E-state index contributed by atoms with van der Waals surface area (Å²) in [4.78, 5) is 24.6. The highest BCUT2D eigenvalue weighted by Gasteiger charge is 2.37. The molecule has 2 atom stereocenters. The van der Waals surface area contributed by atoms with E-state index in [0.717, 1.165) is 39.9 Å². The number of hydrogen-bond acceptors (Lipinski definition) is 3. The van der Waals surface area contributed by atoms with Gasteiger partial charge in [-0.25, -0.2) is 0 Å². The first-order valence-corrected chi connectivity index (χ1v) is 9.41. The van der Waals surface area contributed by atoms with Crippen LogP contribution in [0, 0.1) is 18.8 Å². The van der Waals surface area contributed by atoms with Crippen molar-refractivity contribution in [2.24, 2.45) is 11.8 Å². The number of aryl methyl sites for hydroxylation is 1. The Balaban J connectivity index is 1.80. The normalized spacial score (nSPS) is 19.9. The maximum Gasteiger partial charge on any atom is 0.315 e. The second kappa shape index (κ2) is 7.03. The van der Waals surface area contributed by atoms with Crippen molar-refractivity contribution in [3.63, 3.8) is 0 Å². The number of carboxylic acids is 1. The summed E-state index contributed by atoms with van der Waals surface area (Å²) in [5.41, 5.74) is 1.08. The molecule has 27 heavy (non-hydrogen) atoms. The average Bonchev–Trinajstić information content (AvgIpc) is 2.68. The summed E-state index contributed by atoms with van der Waals surface area (Å²) < 4.78 is 5.91. The van der Waals surface area contributed by atoms with Gasteiger partial charge in [-0.1, -0.05) is 54.8 Å². The van der Waals surface area contributed by atoms with Crippen LogP contribution in [-0.4, -0.2) is 17.0 Å². The van der Waals surface area contributed by atoms with Crippen LogP contribution in [0.15, 0.2) is 48.5 Å². The van der Waals surface area contributed by atoms with Gasteiger partial charge in [-0.3, -0.25) is 9.59 Å². The summed E-state index contributed by atoms with van der Waals surface area (Å²) >= 11 is 0. The van der Waals surface area contributed by atoms with Crippen LogP contribution in [0.1, 0.15) is 31.2 Å². The van der Waals surface area contributed by atoms with Gasteiger partial charge in [0.25, 0.3) is 0 Å². The molecule has 0 spiro atoms. The lowest BCUT2D eigenvalue weighted by atomic mass is 9.79. The zero-order chi connectivity index (χ0) is 19.0. The van der Waals surface area contributed by atoms with Gasteiger partial charge in [0.15, 0.2) is 0 Å². The number of esters is 1. The van der Waals surface area contributed by atoms with Gasteiger partial charge in [0.05, 0.1) is 11.8 Å². The first-order valence-electron chi connectivity index (χ1n) is 9.41. The fraction of sp³-hybridized carbons (Fsp3) is 0.304. The molecule has 0 heterocycles. The maximum atomic E-state index is 13.0. The first-order chi connectivity index (χ1) is 13.0. The number of benzene rings is 3. The molecule has 3 aromatic carbocycles. The molecule has 1 fully saturated rings. The molecule has 2 unspecified atom stereocenters. The first kappa shape index (κ1) is 17.5. The number of carbonyl (C=O) groups excluding carboxylic acids is 1. The van der Waals surface area contributed by atoms with Gasteiger partial charge in [-0.2, -0.15) is 0 Å². The fourth-order valence-electron chi connectivity index (χ4n) is 4.13. The second-order valence-corrected chi connectivity index (χ2v) is 7.41. The highest BCUT2D eigenvalue weighted by atomic mass is 16.5. The van der Waals surface area contributed by atoms with Gasteiger partial charge < -0.3 is 9.84 Å². The van der Waals surface area contributed by atoms with Gasteiger partial charge >= 0.3 is 11.9 Å². The van der Waals surface area contributed by atoms with E-state index in [1.165, 1.54) is 0 Å². The second-order valence-electron chi connectivity index (χ2n) is 7.41. The Morgan fingerprint density at radius 3 is 2.41 bits per heavy atom. The number of carbonyl (C=O) groups is 2. The molecular formula is C23H22O4. The lowest BCUT2D eigenvalue weighted by Crippen LogP contribution is -2.35. The van der Waals surface area contributed by atoms with Crippen LogP contribution < -0.4 is 4.74 Å². The Kier molecular flexibility index (Phi) is 4.56. The molecule has 4 nitrogen and oxygen atoms in total. The molecular weight excluding hydrogens is 340 g/mol. The SMILES string of the molecule is Cc1ccc2cc3ccccc3c(OC(=O)C3CCCCC3C(=O)O)c2c1. The molecule has 1 aliphatic carbocycles. The highest BCUT2D eigenvalue weighted by molar-refractivity contribution is 6.06. The Morgan fingerprint density at radius 1 is 0.926 bits per heavy atom. The molecule has 0 bridgehead atoms. The van der Waals surface area contributed by atoms with Crippen molar-refractivity contribution in [1.29, 1.82) is 0 Å². The molecule has 4 heteroatoms. The maximum absolute atomic E-state index is 13.0. The van der Waals surface area contributed by atoms with E-state index in [9.17, 15) is 14.7 Å². The molecule has 0 saturated heterocycles. The van der Waals surface area contributed by atoms with Crippen molar-refractivity contribution in [2.45, 2.75) is 32.6 Å². The van der Waals surface area contributed by atoms with E-state index >= 15 is 0 Å². The lowest BCUT2D eigenvalue weighted by Gasteiger charge is -2.27. The van der Waals surface area contributed by atoms with Crippen LogP contribution in [0.2, 0.25) is 0 Å². The van der Waals surface area contributed by atoms with Crippen LogP contribution in [0.5, 0.6) is 5.75 Å². The smallest absolute Gasteiger partial charge is 0.315 e. The molecule has 0 aliphatic heterocycles. The van der Waals surface area contributed by atoms with E-state index < -0.39 is 23.8 Å². The minimum Gasteiger partial charge on any atom is -0.481 e. The third kappa shape index (κ3) is 3.27. The molecule has 0 radical (unpaired) electrons. The third-order valence-electron chi connectivity index (χ3n) is 5.56. The number of ether oxygens (including phenoxy) is 1. The molecule has 1 saturated carbocycles. The van der Waals surface area contributed by atoms with Crippen LogP contribution in [0.4, 0.5) is 0 Å². The minimum absolute atomic E-state index is 0.429. The molecule has 1 aliphatic rings. The number of aliphatic carboxylic acids is 1. The summed E-state index contributed by atoms with van der Waals surface area (Å²) in [5, 5.41) is 13.2. The van der Waals surface area contributed by atoms with Gasteiger partial charge in [-0.15, -0.1) is 0 Å². The Labute approximate surface area is 157 Å². The number of carboxylic acid groups (broad SMARTS) is 1. The van der Waals surface area contributed by atoms with E-state index in [1.54, 1.807) is 0 Å². The van der Waals surface area contributed by atoms with Gasteiger partial charge in [0, 0.05) is 10.8 Å². The summed E-state index contributed by atoms with van der Waals surface area (Å²) in [6, 6.07) is 16.0. The minimum atomic E-state index is -0.907. The van der Waals surface area contributed by atoms with Crippen LogP contribution in [0.25, 0.3) is 21.5 Å². The Morgan fingerprint density at radius 2 is 1.63 bits per heavy atom. The molecule has 1 N–H and O–H groups in total. The van der Waals surface area contributed by atoms with Crippen LogP contribution in [-0.2, 0) is 9.59 Å². The fourth-order valence-corrected chi connectivity index (χ4v) is 4.13. The van der Waals surface area contributed by atoms with E-state index in [1.807, 2.05) is 49.4 Å². The number of rotatable bonds is 3. The van der Waals surface area contributed by atoms with Crippen molar-refractivity contribution in [3.8, 4) is 5.75 Å². The molecule has 3 aromatic rings. The topological polar surface area (TPSA) is 63.6 Å². The standard InChI is InChI=1S/C23H22O4/c1-14-10-11-16-13-15-6-2-3-7-17(15)21(20(16)12-14)27-23(26)19-9-5-4-8-18(19)22(24)25/h2-3,6-7,10-13,18-19H,4-5,8-9H2,1H3,(H,24,25). The van der Waals surface area contributed by atoms with Crippen molar-refractivity contribution in [2.75, 3.05) is 0 Å². The zero-order valence-corrected chi connectivity index (χ0v) is 15.3. The number of fused-ring (bicyclic) bond motifs is 2. The Bertz CT molecular complexity index is 1040. The average molecular weight is 362 g/mol. The predicted molar refractivity (Wildman–Crippen MR) is 105 cm³/mol. The van der Waals surface area contributed by atoms with Crippen molar-refractivity contribution in [3.05, 3.63) is 54.1 Å². The van der Waals surface area contributed by atoms with E-state index in [2.05, 4.69) is 6.07 Å². The zero-order valence-electron chi connectivity index (χ0n) is 15.3. The Hall–Kier alpha value is -2.88. The van der Waals surface area contributed by atoms with Crippen molar-refractivity contribution in [1.82, 2.24) is 0 Å². The summed E-state index contributed by atoms with van der Waals surface area (Å²) in [6.45, 7) is 2.00. The van der Waals surface area contributed by atoms with Crippen molar-refractivity contribution >= 4 is 33.5 Å².